The third-order valence-corrected chi connectivity index (χ3v) is 7.40. The third-order valence-electron chi connectivity index (χ3n) is 5.51. The molecule has 0 atom stereocenters. The zero-order valence-corrected chi connectivity index (χ0v) is 16.7. The van der Waals surface area contributed by atoms with Crippen LogP contribution in [0, 0.1) is 12.8 Å². The van der Waals surface area contributed by atoms with E-state index in [4.69, 9.17) is 0 Å². The number of carbonyl (C=O) groups is 3. The number of hydrogen-bond donors (Lipinski definition) is 1. The maximum atomic E-state index is 13.0. The Hall–Kier alpha value is -2.84. The summed E-state index contributed by atoms with van der Waals surface area (Å²) in [6.45, 7) is 2.41. The maximum Gasteiger partial charge on any atom is 0.258 e. The summed E-state index contributed by atoms with van der Waals surface area (Å²) in [5.41, 5.74) is 1.97. The number of hydrogen-bond acceptors (Lipinski definition) is 5. The molecule has 29 heavy (non-hydrogen) atoms. The Morgan fingerprint density at radius 2 is 1.59 bits per heavy atom. The van der Waals surface area contributed by atoms with Crippen molar-refractivity contribution >= 4 is 27.6 Å². The number of nitrogens with zero attached hydrogens (tertiary/aromatic N) is 1. The van der Waals surface area contributed by atoms with Crippen molar-refractivity contribution in [1.29, 1.82) is 0 Å². The van der Waals surface area contributed by atoms with Crippen LogP contribution in [0.5, 0.6) is 0 Å². The fourth-order valence-corrected chi connectivity index (χ4v) is 5.26. The maximum absolute atomic E-state index is 13.0. The molecule has 1 N–H and O–H groups in total. The first-order valence-corrected chi connectivity index (χ1v) is 10.8. The lowest BCUT2D eigenvalue weighted by Gasteiger charge is -2.30. The number of Topliss-reactive ketones (excluding diaryl/α,β-unsaturated/α-hetero) is 1. The van der Waals surface area contributed by atoms with Gasteiger partial charge in [0.2, 0.25) is 10.0 Å². The molecule has 0 aliphatic carbocycles. The van der Waals surface area contributed by atoms with Gasteiger partial charge in [0.15, 0.2) is 5.78 Å². The Kier molecular flexibility index (Phi) is 4.84. The van der Waals surface area contributed by atoms with E-state index in [1.807, 2.05) is 19.1 Å². The number of carbonyl (C=O) groups excluding carboxylic acids is 3. The van der Waals surface area contributed by atoms with Gasteiger partial charge in [0.05, 0.1) is 16.0 Å². The van der Waals surface area contributed by atoms with Crippen LogP contribution in [0.2, 0.25) is 0 Å². The minimum atomic E-state index is -3.81. The first-order chi connectivity index (χ1) is 13.8. The first-order valence-electron chi connectivity index (χ1n) is 9.38. The average Bonchev–Trinajstić information content (AvgIpc) is 3.01. The molecule has 2 heterocycles. The summed E-state index contributed by atoms with van der Waals surface area (Å²) in [5, 5.41) is 2.15. The van der Waals surface area contributed by atoms with Crippen molar-refractivity contribution in [1.82, 2.24) is 9.62 Å². The van der Waals surface area contributed by atoms with Crippen molar-refractivity contribution in [2.75, 3.05) is 13.1 Å². The van der Waals surface area contributed by atoms with Crippen LogP contribution in [-0.2, 0) is 10.0 Å². The van der Waals surface area contributed by atoms with Gasteiger partial charge in [-0.25, -0.2) is 8.42 Å². The lowest BCUT2D eigenvalue weighted by Crippen LogP contribution is -2.40. The molecule has 0 radical (unpaired) electrons. The van der Waals surface area contributed by atoms with Crippen molar-refractivity contribution in [3.05, 3.63) is 64.7 Å². The van der Waals surface area contributed by atoms with Crippen LogP contribution >= 0.6 is 0 Å². The molecule has 8 heteroatoms. The second kappa shape index (κ2) is 7.20. The predicted molar refractivity (Wildman–Crippen MR) is 105 cm³/mol. The van der Waals surface area contributed by atoms with Crippen LogP contribution in [0.25, 0.3) is 0 Å². The van der Waals surface area contributed by atoms with E-state index in [9.17, 15) is 22.8 Å². The fraction of sp³-hybridized carbons (Fsp3) is 0.286. The summed E-state index contributed by atoms with van der Waals surface area (Å²) >= 11 is 0. The average molecular weight is 412 g/mol. The molecule has 0 aromatic heterocycles. The van der Waals surface area contributed by atoms with Gasteiger partial charge in [-0.2, -0.15) is 4.31 Å². The molecular formula is C21H20N2O5S. The standard InChI is InChI=1S/C21H20N2O5S/c1-13-2-4-14(5-3-13)19(24)15-8-10-23(11-9-15)29(27,28)16-6-7-17-18(12-16)21(26)22-20(17)25/h2-7,12,15H,8-11H2,1H3,(H,22,25,26). The Morgan fingerprint density at radius 3 is 2.24 bits per heavy atom. The number of fused-ring (bicyclic) bond motifs is 1. The summed E-state index contributed by atoms with van der Waals surface area (Å²) in [7, 11) is -3.81. The Balaban J connectivity index is 1.49. The molecule has 2 aromatic carbocycles. The molecule has 1 fully saturated rings. The molecule has 7 nitrogen and oxygen atoms in total. The van der Waals surface area contributed by atoms with Gasteiger partial charge < -0.3 is 0 Å². The highest BCUT2D eigenvalue weighted by Crippen LogP contribution is 2.28. The van der Waals surface area contributed by atoms with Gasteiger partial charge in [-0.1, -0.05) is 29.8 Å². The number of piperidine rings is 1. The summed E-state index contributed by atoms with van der Waals surface area (Å²) in [6, 6.07) is 11.3. The van der Waals surface area contributed by atoms with Crippen LogP contribution in [-0.4, -0.2) is 43.4 Å². The molecule has 150 valence electrons. The molecule has 2 amide bonds. The van der Waals surface area contributed by atoms with Crippen molar-refractivity contribution in [3.8, 4) is 0 Å². The molecule has 0 unspecified atom stereocenters. The normalized spacial score (nSPS) is 17.8. The smallest absolute Gasteiger partial charge is 0.258 e. The Morgan fingerprint density at radius 1 is 0.966 bits per heavy atom. The van der Waals surface area contributed by atoms with Crippen molar-refractivity contribution in [3.63, 3.8) is 0 Å². The van der Waals surface area contributed by atoms with Gasteiger partial charge >= 0.3 is 0 Å². The van der Waals surface area contributed by atoms with Gasteiger partial charge in [0.1, 0.15) is 0 Å². The quantitative estimate of drug-likeness (QED) is 0.613. The second-order valence-corrected chi connectivity index (χ2v) is 9.34. The minimum Gasteiger partial charge on any atom is -0.294 e. The van der Waals surface area contributed by atoms with Gasteiger partial charge in [-0.15, -0.1) is 0 Å². The molecule has 0 saturated carbocycles. The molecule has 0 bridgehead atoms. The van der Waals surface area contributed by atoms with Crippen molar-refractivity contribution in [2.45, 2.75) is 24.7 Å². The lowest BCUT2D eigenvalue weighted by molar-refractivity contribution is 0.0866. The summed E-state index contributed by atoms with van der Waals surface area (Å²) in [5.74, 6) is -1.30. The van der Waals surface area contributed by atoms with Crippen LogP contribution in [0.1, 0.15) is 49.5 Å². The summed E-state index contributed by atoms with van der Waals surface area (Å²) in [6.07, 6.45) is 0.881. The molecule has 4 rings (SSSR count). The number of amides is 2. The molecule has 1 saturated heterocycles. The fourth-order valence-electron chi connectivity index (χ4n) is 3.77. The molecule has 0 spiro atoms. The second-order valence-electron chi connectivity index (χ2n) is 7.40. The number of sulfonamides is 1. The number of imide groups is 1. The zero-order chi connectivity index (χ0) is 20.8. The monoisotopic (exact) mass is 412 g/mol. The number of rotatable bonds is 4. The van der Waals surface area contributed by atoms with E-state index < -0.39 is 21.8 Å². The number of nitrogens with one attached hydrogen (secondary N) is 1. The number of aryl methyl sites for hydroxylation is 1. The molecule has 2 aromatic rings. The SMILES string of the molecule is Cc1ccc(C(=O)C2CCN(S(=O)(=O)c3ccc4c(c3)C(=O)NC4=O)CC2)cc1. The first kappa shape index (κ1) is 19.5. The Labute approximate surface area is 168 Å². The van der Waals surface area contributed by atoms with Gasteiger partial charge in [-0.05, 0) is 38.0 Å². The van der Waals surface area contributed by atoms with E-state index in [0.717, 1.165) is 5.56 Å². The lowest BCUT2D eigenvalue weighted by atomic mass is 9.89. The largest absolute Gasteiger partial charge is 0.294 e. The number of ketones is 1. The zero-order valence-electron chi connectivity index (χ0n) is 15.8. The van der Waals surface area contributed by atoms with Crippen molar-refractivity contribution in [2.24, 2.45) is 5.92 Å². The highest BCUT2D eigenvalue weighted by molar-refractivity contribution is 7.89. The van der Waals surface area contributed by atoms with Gasteiger partial charge in [0.25, 0.3) is 11.8 Å². The van der Waals surface area contributed by atoms with E-state index in [2.05, 4.69) is 5.32 Å². The highest BCUT2D eigenvalue weighted by atomic mass is 32.2. The van der Waals surface area contributed by atoms with Gasteiger partial charge in [-0.3, -0.25) is 19.7 Å². The summed E-state index contributed by atoms with van der Waals surface area (Å²) < 4.78 is 27.3. The van der Waals surface area contributed by atoms with Crippen LogP contribution in [0.4, 0.5) is 0 Å². The molecule has 2 aliphatic heterocycles. The van der Waals surface area contributed by atoms with Crippen LogP contribution < -0.4 is 5.32 Å². The minimum absolute atomic E-state index is 0.0237. The third kappa shape index (κ3) is 3.49. The highest BCUT2D eigenvalue weighted by Gasteiger charge is 2.34. The van der Waals surface area contributed by atoms with E-state index in [-0.39, 0.29) is 40.8 Å². The van der Waals surface area contributed by atoms with Crippen molar-refractivity contribution < 1.29 is 22.8 Å². The molecular weight excluding hydrogens is 392 g/mol. The van der Waals surface area contributed by atoms with E-state index in [1.54, 1.807) is 12.1 Å². The van der Waals surface area contributed by atoms with E-state index in [0.29, 0.717) is 18.4 Å². The molecule has 2 aliphatic rings. The van der Waals surface area contributed by atoms with Crippen LogP contribution in [0.15, 0.2) is 47.4 Å². The van der Waals surface area contributed by atoms with E-state index in [1.165, 1.54) is 22.5 Å². The topological polar surface area (TPSA) is 101 Å². The van der Waals surface area contributed by atoms with E-state index >= 15 is 0 Å². The van der Waals surface area contributed by atoms with Crippen LogP contribution in [0.3, 0.4) is 0 Å². The Bertz CT molecular complexity index is 1110. The van der Waals surface area contributed by atoms with Gasteiger partial charge in [0, 0.05) is 24.6 Å². The number of benzene rings is 2. The predicted octanol–water partition coefficient (Wildman–Crippen LogP) is 2.16. The summed E-state index contributed by atoms with van der Waals surface area (Å²) in [4.78, 5) is 36.1.